The van der Waals surface area contributed by atoms with Gasteiger partial charge in [0.15, 0.2) is 0 Å². The number of carbonyl (C=O) groups is 1. The van der Waals surface area contributed by atoms with Crippen LogP contribution in [0.15, 0.2) is 54.6 Å². The molecular formula is C22H26FN3O3S. The molecule has 1 heterocycles. The highest BCUT2D eigenvalue weighted by Gasteiger charge is 2.44. The summed E-state index contributed by atoms with van der Waals surface area (Å²) in [4.78, 5) is 14.6. The summed E-state index contributed by atoms with van der Waals surface area (Å²) in [5.41, 5.74) is 1.48. The van der Waals surface area contributed by atoms with Gasteiger partial charge in [0.1, 0.15) is 5.82 Å². The molecule has 0 unspecified atom stereocenters. The highest BCUT2D eigenvalue weighted by Crippen LogP contribution is 2.33. The van der Waals surface area contributed by atoms with Crippen LogP contribution in [-0.2, 0) is 21.4 Å². The minimum Gasteiger partial charge on any atom is -0.325 e. The molecule has 1 aliphatic carbocycles. The van der Waals surface area contributed by atoms with Crippen molar-refractivity contribution in [1.82, 2.24) is 9.21 Å². The topological polar surface area (TPSA) is 69.7 Å². The van der Waals surface area contributed by atoms with Crippen molar-refractivity contribution < 1.29 is 17.6 Å². The van der Waals surface area contributed by atoms with Gasteiger partial charge in [0.05, 0.1) is 11.8 Å². The van der Waals surface area contributed by atoms with Crippen molar-refractivity contribution in [3.8, 4) is 0 Å². The van der Waals surface area contributed by atoms with Crippen LogP contribution in [0.25, 0.3) is 0 Å². The molecule has 4 rings (SSSR count). The van der Waals surface area contributed by atoms with Gasteiger partial charge in [0.2, 0.25) is 15.9 Å². The van der Waals surface area contributed by atoms with Crippen LogP contribution in [0.2, 0.25) is 0 Å². The average Bonchev–Trinajstić information content (AvgIpc) is 3.44. The van der Waals surface area contributed by atoms with Crippen molar-refractivity contribution in [1.29, 1.82) is 0 Å². The quantitative estimate of drug-likeness (QED) is 0.698. The van der Waals surface area contributed by atoms with E-state index in [4.69, 9.17) is 0 Å². The molecule has 0 aromatic heterocycles. The summed E-state index contributed by atoms with van der Waals surface area (Å²) in [7, 11) is -3.60. The average molecular weight is 432 g/mol. The van der Waals surface area contributed by atoms with Crippen molar-refractivity contribution in [2.75, 3.05) is 25.0 Å². The van der Waals surface area contributed by atoms with E-state index < -0.39 is 27.0 Å². The zero-order valence-electron chi connectivity index (χ0n) is 16.7. The number of sulfonamides is 1. The summed E-state index contributed by atoms with van der Waals surface area (Å²) in [6.07, 6.45) is 2.10. The first-order valence-corrected chi connectivity index (χ1v) is 11.7. The molecule has 1 saturated heterocycles. The second kappa shape index (κ2) is 8.83. The molecule has 0 spiro atoms. The maximum absolute atomic E-state index is 13.3. The van der Waals surface area contributed by atoms with Crippen LogP contribution in [0, 0.1) is 5.82 Å². The molecule has 0 radical (unpaired) electrons. The second-order valence-corrected chi connectivity index (χ2v) is 10.2. The molecule has 1 aliphatic heterocycles. The van der Waals surface area contributed by atoms with Crippen molar-refractivity contribution in [3.05, 3.63) is 66.0 Å². The number of nitrogens with one attached hydrogen (secondary N) is 1. The van der Waals surface area contributed by atoms with Gasteiger partial charge in [-0.15, -0.1) is 0 Å². The lowest BCUT2D eigenvalue weighted by atomic mass is 10.2. The highest BCUT2D eigenvalue weighted by atomic mass is 32.2. The van der Waals surface area contributed by atoms with Crippen LogP contribution in [-0.4, -0.2) is 54.5 Å². The zero-order chi connectivity index (χ0) is 21.1. The van der Waals surface area contributed by atoms with Gasteiger partial charge in [-0.25, -0.2) is 12.8 Å². The maximum Gasteiger partial charge on any atom is 0.239 e. The summed E-state index contributed by atoms with van der Waals surface area (Å²) in [6, 6.07) is 15.5. The molecule has 2 aromatic carbocycles. The van der Waals surface area contributed by atoms with Crippen molar-refractivity contribution in [2.24, 2.45) is 0 Å². The number of halogens is 1. The Morgan fingerprint density at radius 2 is 1.87 bits per heavy atom. The Morgan fingerprint density at radius 3 is 2.57 bits per heavy atom. The number of rotatable bonds is 8. The molecule has 2 aromatic rings. The highest BCUT2D eigenvalue weighted by molar-refractivity contribution is 7.89. The van der Waals surface area contributed by atoms with Gasteiger partial charge in [-0.05, 0) is 49.6 Å². The summed E-state index contributed by atoms with van der Waals surface area (Å²) < 4.78 is 41.3. The molecule has 2 aliphatic rings. The Balaban J connectivity index is 1.40. The third kappa shape index (κ3) is 5.06. The first kappa shape index (κ1) is 21.0. The Labute approximate surface area is 176 Å². The fourth-order valence-corrected chi connectivity index (χ4v) is 6.02. The minimum atomic E-state index is -3.60. The molecule has 8 heteroatoms. The van der Waals surface area contributed by atoms with Crippen LogP contribution in [0.5, 0.6) is 0 Å². The number of anilines is 1. The fourth-order valence-electron chi connectivity index (χ4n) is 3.91. The second-order valence-electron chi connectivity index (χ2n) is 8.01. The maximum atomic E-state index is 13.3. The van der Waals surface area contributed by atoms with Crippen LogP contribution in [0.4, 0.5) is 10.1 Å². The number of carbonyl (C=O) groups excluding carboxylic acids is 1. The zero-order valence-corrected chi connectivity index (χ0v) is 17.5. The van der Waals surface area contributed by atoms with Gasteiger partial charge in [-0.3, -0.25) is 9.69 Å². The van der Waals surface area contributed by atoms with E-state index in [0.29, 0.717) is 25.2 Å². The molecule has 1 atom stereocenters. The molecule has 1 N–H and O–H groups in total. The van der Waals surface area contributed by atoms with Gasteiger partial charge in [-0.2, -0.15) is 4.31 Å². The molecule has 6 nitrogen and oxygen atoms in total. The Morgan fingerprint density at radius 1 is 1.10 bits per heavy atom. The summed E-state index contributed by atoms with van der Waals surface area (Å²) >= 11 is 0. The number of likely N-dealkylation sites (tertiary alicyclic amines) is 1. The van der Waals surface area contributed by atoms with E-state index in [9.17, 15) is 17.6 Å². The first-order valence-electron chi connectivity index (χ1n) is 10.2. The lowest BCUT2D eigenvalue weighted by Gasteiger charge is -2.25. The van der Waals surface area contributed by atoms with Gasteiger partial charge < -0.3 is 5.32 Å². The van der Waals surface area contributed by atoms with Crippen LogP contribution < -0.4 is 5.32 Å². The Hall–Kier alpha value is -2.29. The summed E-state index contributed by atoms with van der Waals surface area (Å²) in [5, 5.41) is 2.09. The molecule has 1 saturated carbocycles. The molecular weight excluding hydrogens is 405 g/mol. The lowest BCUT2D eigenvalue weighted by molar-refractivity contribution is -0.116. The molecule has 2 fully saturated rings. The molecule has 160 valence electrons. The van der Waals surface area contributed by atoms with Gasteiger partial charge in [-0.1, -0.05) is 36.4 Å². The SMILES string of the molecule is O=C(CN(C1CC1)S(=O)(=O)[C@H]1CCN(Cc2ccccc2)C1)Nc1cccc(F)c1. The molecule has 30 heavy (non-hydrogen) atoms. The largest absolute Gasteiger partial charge is 0.325 e. The number of nitrogens with zero attached hydrogens (tertiary/aromatic N) is 2. The lowest BCUT2D eigenvalue weighted by Crippen LogP contribution is -2.45. The third-order valence-corrected chi connectivity index (χ3v) is 7.90. The fraction of sp³-hybridized carbons (Fsp3) is 0.409. The van der Waals surface area contributed by atoms with E-state index in [1.54, 1.807) is 6.07 Å². The normalized spacial score (nSPS) is 19.9. The Kier molecular flexibility index (Phi) is 6.17. The number of hydrogen-bond acceptors (Lipinski definition) is 4. The van der Waals surface area contributed by atoms with Crippen molar-refractivity contribution >= 4 is 21.6 Å². The first-order chi connectivity index (χ1) is 14.4. The van der Waals surface area contributed by atoms with Crippen molar-refractivity contribution in [3.63, 3.8) is 0 Å². The molecule has 0 bridgehead atoms. The van der Waals surface area contributed by atoms with Crippen LogP contribution in [0.3, 0.4) is 0 Å². The summed E-state index contributed by atoms with van der Waals surface area (Å²) in [5.74, 6) is -0.904. The monoisotopic (exact) mass is 431 g/mol. The van der Waals surface area contributed by atoms with Crippen LogP contribution in [0.1, 0.15) is 24.8 Å². The van der Waals surface area contributed by atoms with E-state index in [1.807, 2.05) is 30.3 Å². The predicted octanol–water partition coefficient (Wildman–Crippen LogP) is 2.83. The predicted molar refractivity (Wildman–Crippen MR) is 114 cm³/mol. The van der Waals surface area contributed by atoms with E-state index >= 15 is 0 Å². The van der Waals surface area contributed by atoms with Gasteiger partial charge in [0, 0.05) is 24.8 Å². The van der Waals surface area contributed by atoms with Crippen LogP contribution >= 0.6 is 0 Å². The Bertz CT molecular complexity index is 996. The standard InChI is InChI=1S/C22H26FN3O3S/c23-18-7-4-8-19(13-18)24-22(27)16-26(20-9-10-20)30(28,29)21-11-12-25(15-21)14-17-5-2-1-3-6-17/h1-8,13,20-21H,9-12,14-16H2,(H,24,27)/t21-/m0/s1. The van der Waals surface area contributed by atoms with E-state index in [-0.39, 0.29) is 12.6 Å². The number of benzene rings is 2. The molecule has 1 amide bonds. The van der Waals surface area contributed by atoms with E-state index in [0.717, 1.165) is 24.9 Å². The number of amides is 1. The van der Waals surface area contributed by atoms with Gasteiger partial charge in [0.25, 0.3) is 0 Å². The van der Waals surface area contributed by atoms with Crippen molar-refractivity contribution in [2.45, 2.75) is 37.1 Å². The summed E-state index contributed by atoms with van der Waals surface area (Å²) in [6.45, 7) is 1.66. The minimum absolute atomic E-state index is 0.114. The van der Waals surface area contributed by atoms with Gasteiger partial charge >= 0.3 is 0 Å². The number of hydrogen-bond donors (Lipinski definition) is 1. The van der Waals surface area contributed by atoms with E-state index in [1.165, 1.54) is 22.5 Å². The smallest absolute Gasteiger partial charge is 0.239 e. The third-order valence-electron chi connectivity index (χ3n) is 5.59. The van der Waals surface area contributed by atoms with E-state index in [2.05, 4.69) is 10.2 Å².